The predicted octanol–water partition coefficient (Wildman–Crippen LogP) is 9.43. The van der Waals surface area contributed by atoms with Gasteiger partial charge >= 0.3 is 0 Å². The minimum absolute atomic E-state index is 1.01. The molecule has 0 N–H and O–H groups in total. The number of nitrogens with zero attached hydrogens (tertiary/aromatic N) is 2. The van der Waals surface area contributed by atoms with Crippen molar-refractivity contribution in [2.24, 2.45) is 0 Å². The standard InChI is InChI=1S/C31H18N2S2/c1-2-9-19(10-3-1)20-13-8-15-25-28(20)21-11-4-6-14-24(21)33(25)31-32-23-17-18-27-29(30(23)35-31)22-12-5-7-16-26(22)34-27/h1-18H. The molecule has 5 aromatic carbocycles. The van der Waals surface area contributed by atoms with E-state index in [1.165, 1.54) is 57.8 Å². The van der Waals surface area contributed by atoms with Gasteiger partial charge in [-0.25, -0.2) is 4.98 Å². The average Bonchev–Trinajstić information content (AvgIpc) is 3.59. The molecule has 0 bridgehead atoms. The van der Waals surface area contributed by atoms with Crippen LogP contribution in [0.15, 0.2) is 109 Å². The monoisotopic (exact) mass is 482 g/mol. The highest BCUT2D eigenvalue weighted by Gasteiger charge is 2.19. The molecule has 8 rings (SSSR count). The van der Waals surface area contributed by atoms with Crippen molar-refractivity contribution in [3.05, 3.63) is 109 Å². The fourth-order valence-electron chi connectivity index (χ4n) is 5.36. The molecule has 0 fully saturated rings. The van der Waals surface area contributed by atoms with E-state index in [0.717, 1.165) is 10.6 Å². The largest absolute Gasteiger partial charge is 0.285 e. The topological polar surface area (TPSA) is 17.8 Å². The third kappa shape index (κ3) is 2.72. The van der Waals surface area contributed by atoms with Crippen LogP contribution in [-0.4, -0.2) is 9.55 Å². The number of hydrogen-bond acceptors (Lipinski definition) is 3. The molecule has 0 aliphatic carbocycles. The summed E-state index contributed by atoms with van der Waals surface area (Å²) in [7, 11) is 0. The highest BCUT2D eigenvalue weighted by molar-refractivity contribution is 7.28. The molecule has 0 saturated carbocycles. The van der Waals surface area contributed by atoms with Crippen LogP contribution in [0.5, 0.6) is 0 Å². The number of benzene rings is 5. The van der Waals surface area contributed by atoms with Crippen LogP contribution in [0.25, 0.3) is 68.5 Å². The van der Waals surface area contributed by atoms with Crippen molar-refractivity contribution in [3.63, 3.8) is 0 Å². The van der Waals surface area contributed by atoms with E-state index in [1.54, 1.807) is 11.3 Å². The van der Waals surface area contributed by atoms with E-state index < -0.39 is 0 Å². The van der Waals surface area contributed by atoms with Gasteiger partial charge in [-0.05, 0) is 41.5 Å². The zero-order chi connectivity index (χ0) is 22.9. The van der Waals surface area contributed by atoms with Crippen molar-refractivity contribution in [3.8, 4) is 16.3 Å². The fraction of sp³-hybridized carbons (Fsp3) is 0. The first-order chi connectivity index (χ1) is 17.4. The maximum atomic E-state index is 5.18. The quantitative estimate of drug-likeness (QED) is 0.240. The molecule has 0 aliphatic rings. The Kier molecular flexibility index (Phi) is 4.01. The summed E-state index contributed by atoms with van der Waals surface area (Å²) in [6.45, 7) is 0. The van der Waals surface area contributed by atoms with Gasteiger partial charge in [0.25, 0.3) is 0 Å². The highest BCUT2D eigenvalue weighted by Crippen LogP contribution is 2.43. The van der Waals surface area contributed by atoms with E-state index in [1.807, 2.05) is 11.3 Å². The van der Waals surface area contributed by atoms with Gasteiger partial charge < -0.3 is 0 Å². The van der Waals surface area contributed by atoms with Gasteiger partial charge in [-0.3, -0.25) is 4.57 Å². The summed E-state index contributed by atoms with van der Waals surface area (Å²) >= 11 is 3.65. The number of thiophene rings is 1. The summed E-state index contributed by atoms with van der Waals surface area (Å²) in [5.41, 5.74) is 5.93. The minimum atomic E-state index is 1.01. The van der Waals surface area contributed by atoms with Crippen LogP contribution in [0.2, 0.25) is 0 Å². The van der Waals surface area contributed by atoms with Crippen LogP contribution in [0.3, 0.4) is 0 Å². The Bertz CT molecular complexity index is 2060. The zero-order valence-electron chi connectivity index (χ0n) is 18.6. The van der Waals surface area contributed by atoms with Crippen molar-refractivity contribution in [1.82, 2.24) is 9.55 Å². The van der Waals surface area contributed by atoms with Crippen molar-refractivity contribution in [1.29, 1.82) is 0 Å². The van der Waals surface area contributed by atoms with E-state index >= 15 is 0 Å². The molecule has 0 amide bonds. The van der Waals surface area contributed by atoms with Gasteiger partial charge in [0.05, 0.1) is 21.3 Å². The molecule has 0 saturated heterocycles. The molecule has 0 atom stereocenters. The Morgan fingerprint density at radius 2 is 1.31 bits per heavy atom. The van der Waals surface area contributed by atoms with Crippen LogP contribution in [-0.2, 0) is 0 Å². The van der Waals surface area contributed by atoms with Gasteiger partial charge in [0.2, 0.25) is 0 Å². The summed E-state index contributed by atoms with van der Waals surface area (Å²) in [6, 6.07) is 39.1. The van der Waals surface area contributed by atoms with Crippen molar-refractivity contribution in [2.75, 3.05) is 0 Å². The molecule has 8 aromatic rings. The van der Waals surface area contributed by atoms with Gasteiger partial charge in [0.1, 0.15) is 0 Å². The summed E-state index contributed by atoms with van der Waals surface area (Å²) in [5, 5.41) is 6.20. The second-order valence-electron chi connectivity index (χ2n) is 8.80. The summed E-state index contributed by atoms with van der Waals surface area (Å²) in [4.78, 5) is 5.18. The maximum Gasteiger partial charge on any atom is 0.195 e. The molecule has 0 radical (unpaired) electrons. The second kappa shape index (κ2) is 7.25. The van der Waals surface area contributed by atoms with Crippen LogP contribution < -0.4 is 0 Å². The predicted molar refractivity (Wildman–Crippen MR) is 152 cm³/mol. The number of fused-ring (bicyclic) bond motifs is 8. The lowest BCUT2D eigenvalue weighted by Gasteiger charge is -2.06. The van der Waals surface area contributed by atoms with E-state index in [4.69, 9.17) is 4.98 Å². The first-order valence-corrected chi connectivity index (χ1v) is 13.3. The van der Waals surface area contributed by atoms with Crippen LogP contribution in [0.4, 0.5) is 0 Å². The van der Waals surface area contributed by atoms with Crippen molar-refractivity contribution < 1.29 is 0 Å². The van der Waals surface area contributed by atoms with E-state index in [9.17, 15) is 0 Å². The highest BCUT2D eigenvalue weighted by atomic mass is 32.1. The SMILES string of the molecule is c1ccc(-c2cccc3c2c2ccccc2n3-c2nc3ccc4sc5ccccc5c4c3s2)cc1. The molecule has 3 heterocycles. The Morgan fingerprint density at radius 1 is 0.543 bits per heavy atom. The molecule has 3 aromatic heterocycles. The van der Waals surface area contributed by atoms with E-state index in [0.29, 0.717) is 0 Å². The summed E-state index contributed by atoms with van der Waals surface area (Å²) < 4.78 is 6.26. The van der Waals surface area contributed by atoms with Gasteiger partial charge in [0, 0.05) is 30.9 Å². The molecule has 0 unspecified atom stereocenters. The van der Waals surface area contributed by atoms with Crippen molar-refractivity contribution in [2.45, 2.75) is 0 Å². The fourth-order valence-corrected chi connectivity index (χ4v) is 7.70. The van der Waals surface area contributed by atoms with E-state index in [2.05, 4.69) is 114 Å². The number of para-hydroxylation sites is 1. The van der Waals surface area contributed by atoms with Gasteiger partial charge in [-0.1, -0.05) is 90.2 Å². The second-order valence-corrected chi connectivity index (χ2v) is 10.9. The average molecular weight is 483 g/mol. The van der Waals surface area contributed by atoms with E-state index in [-0.39, 0.29) is 0 Å². The Balaban J connectivity index is 1.49. The molecule has 4 heteroatoms. The van der Waals surface area contributed by atoms with Gasteiger partial charge in [-0.2, -0.15) is 0 Å². The maximum absolute atomic E-state index is 5.18. The number of hydrogen-bond donors (Lipinski definition) is 0. The van der Waals surface area contributed by atoms with Crippen LogP contribution >= 0.6 is 22.7 Å². The summed E-state index contributed by atoms with van der Waals surface area (Å²) in [6.07, 6.45) is 0. The molecule has 0 aliphatic heterocycles. The molecule has 2 nitrogen and oxygen atoms in total. The molecule has 0 spiro atoms. The first-order valence-electron chi connectivity index (χ1n) is 11.7. The van der Waals surface area contributed by atoms with Crippen molar-refractivity contribution >= 4 is 74.9 Å². The lowest BCUT2D eigenvalue weighted by atomic mass is 10.00. The summed E-state index contributed by atoms with van der Waals surface area (Å²) in [5.74, 6) is 0. The van der Waals surface area contributed by atoms with Gasteiger partial charge in [-0.15, -0.1) is 11.3 Å². The number of rotatable bonds is 2. The smallest absolute Gasteiger partial charge is 0.195 e. The Hall–Kier alpha value is -3.99. The third-order valence-electron chi connectivity index (χ3n) is 6.86. The minimum Gasteiger partial charge on any atom is -0.285 e. The van der Waals surface area contributed by atoms with Crippen LogP contribution in [0, 0.1) is 0 Å². The molecule has 164 valence electrons. The third-order valence-corrected chi connectivity index (χ3v) is 9.07. The Labute approximate surface area is 209 Å². The molecular formula is C31H18N2S2. The van der Waals surface area contributed by atoms with Gasteiger partial charge in [0.15, 0.2) is 5.13 Å². The lowest BCUT2D eigenvalue weighted by molar-refractivity contribution is 1.15. The van der Waals surface area contributed by atoms with Crippen LogP contribution in [0.1, 0.15) is 0 Å². The molecule has 35 heavy (non-hydrogen) atoms. The number of thiazole rings is 1. The first kappa shape index (κ1) is 19.3. The zero-order valence-corrected chi connectivity index (χ0v) is 20.2. The Morgan fingerprint density at radius 3 is 2.23 bits per heavy atom. The number of aromatic nitrogens is 2. The lowest BCUT2D eigenvalue weighted by Crippen LogP contribution is -1.92. The molecular weight excluding hydrogens is 464 g/mol. The normalized spacial score (nSPS) is 12.0.